The molecule has 6 heteroatoms. The van der Waals surface area contributed by atoms with Crippen molar-refractivity contribution in [2.45, 2.75) is 19.8 Å². The van der Waals surface area contributed by atoms with Crippen molar-refractivity contribution < 1.29 is 14.3 Å². The molecular formula is C23H23N3O3. The van der Waals surface area contributed by atoms with Crippen molar-refractivity contribution in [3.05, 3.63) is 83.7 Å². The molecule has 0 saturated heterocycles. The van der Waals surface area contributed by atoms with E-state index in [0.29, 0.717) is 17.0 Å². The highest BCUT2D eigenvalue weighted by molar-refractivity contribution is 6.08. The van der Waals surface area contributed by atoms with Crippen LogP contribution in [0.3, 0.4) is 0 Å². The zero-order valence-electron chi connectivity index (χ0n) is 16.6. The van der Waals surface area contributed by atoms with E-state index in [2.05, 4.69) is 29.5 Å². The number of carbonyl (C=O) groups excluding carboxylic acids is 2. The number of hydrogen-bond donors (Lipinski definition) is 2. The monoisotopic (exact) mass is 389 g/mol. The minimum Gasteiger partial charge on any atom is -0.497 e. The summed E-state index contributed by atoms with van der Waals surface area (Å²) in [6.45, 7) is 4.12. The Morgan fingerprint density at radius 3 is 2.48 bits per heavy atom. The number of rotatable bonds is 6. The summed E-state index contributed by atoms with van der Waals surface area (Å²) in [5.41, 5.74) is 2.88. The van der Waals surface area contributed by atoms with E-state index in [1.165, 1.54) is 12.3 Å². The molecule has 2 N–H and O–H groups in total. The van der Waals surface area contributed by atoms with E-state index in [1.54, 1.807) is 37.4 Å². The second-order valence-electron chi connectivity index (χ2n) is 6.81. The van der Waals surface area contributed by atoms with Crippen LogP contribution in [0.4, 0.5) is 11.4 Å². The molecule has 6 nitrogen and oxygen atoms in total. The Balaban J connectivity index is 1.76. The molecule has 0 bridgehead atoms. The Morgan fingerprint density at radius 1 is 0.931 bits per heavy atom. The van der Waals surface area contributed by atoms with E-state index in [1.807, 2.05) is 24.3 Å². The fourth-order valence-electron chi connectivity index (χ4n) is 2.90. The molecule has 3 aromatic rings. The largest absolute Gasteiger partial charge is 0.497 e. The van der Waals surface area contributed by atoms with Gasteiger partial charge in [0.2, 0.25) is 0 Å². The SMILES string of the molecule is COc1cccc(NC(=O)c2ccnc(C(=O)Nc3ccccc3C(C)C)c2)c1. The highest BCUT2D eigenvalue weighted by Crippen LogP contribution is 2.24. The van der Waals surface area contributed by atoms with Gasteiger partial charge in [-0.2, -0.15) is 0 Å². The molecule has 0 radical (unpaired) electrons. The summed E-state index contributed by atoms with van der Waals surface area (Å²) in [6, 6.07) is 17.7. The predicted molar refractivity (Wildman–Crippen MR) is 114 cm³/mol. The van der Waals surface area contributed by atoms with Gasteiger partial charge in [-0.05, 0) is 41.8 Å². The van der Waals surface area contributed by atoms with Crippen molar-refractivity contribution in [3.8, 4) is 5.75 Å². The van der Waals surface area contributed by atoms with Gasteiger partial charge in [0.1, 0.15) is 11.4 Å². The van der Waals surface area contributed by atoms with Gasteiger partial charge in [0.15, 0.2) is 0 Å². The number of amides is 2. The standard InChI is InChI=1S/C23H23N3O3/c1-15(2)19-9-4-5-10-20(19)26-23(28)21-13-16(11-12-24-21)22(27)25-17-7-6-8-18(14-17)29-3/h4-15H,1-3H3,(H,25,27)(H,26,28). The fourth-order valence-corrected chi connectivity index (χ4v) is 2.90. The van der Waals surface area contributed by atoms with Crippen LogP contribution in [0.15, 0.2) is 66.9 Å². The highest BCUT2D eigenvalue weighted by Gasteiger charge is 2.14. The van der Waals surface area contributed by atoms with Gasteiger partial charge in [-0.25, -0.2) is 0 Å². The lowest BCUT2D eigenvalue weighted by molar-refractivity contribution is 0.102. The maximum Gasteiger partial charge on any atom is 0.274 e. The van der Waals surface area contributed by atoms with Crippen LogP contribution in [0.1, 0.15) is 46.2 Å². The predicted octanol–water partition coefficient (Wildman–Crippen LogP) is 4.72. The van der Waals surface area contributed by atoms with Crippen molar-refractivity contribution in [1.29, 1.82) is 0 Å². The Labute approximate surface area is 169 Å². The minimum absolute atomic E-state index is 0.168. The van der Waals surface area contributed by atoms with Gasteiger partial charge in [-0.1, -0.05) is 38.1 Å². The summed E-state index contributed by atoms with van der Waals surface area (Å²) in [6.07, 6.45) is 1.45. The molecule has 148 valence electrons. The van der Waals surface area contributed by atoms with Gasteiger partial charge in [0, 0.05) is 29.2 Å². The molecular weight excluding hydrogens is 366 g/mol. The second kappa shape index (κ2) is 9.01. The van der Waals surface area contributed by atoms with E-state index in [4.69, 9.17) is 4.74 Å². The van der Waals surface area contributed by atoms with Crippen molar-refractivity contribution in [3.63, 3.8) is 0 Å². The maximum atomic E-state index is 12.7. The number of methoxy groups -OCH3 is 1. The summed E-state index contributed by atoms with van der Waals surface area (Å²) in [7, 11) is 1.56. The van der Waals surface area contributed by atoms with Crippen LogP contribution in [0, 0.1) is 0 Å². The van der Waals surface area contributed by atoms with Crippen molar-refractivity contribution in [2.75, 3.05) is 17.7 Å². The smallest absolute Gasteiger partial charge is 0.274 e. The van der Waals surface area contributed by atoms with Crippen LogP contribution in [-0.4, -0.2) is 23.9 Å². The molecule has 1 heterocycles. The first kappa shape index (κ1) is 20.1. The van der Waals surface area contributed by atoms with E-state index >= 15 is 0 Å². The summed E-state index contributed by atoms with van der Waals surface area (Å²) < 4.78 is 5.16. The minimum atomic E-state index is -0.367. The lowest BCUT2D eigenvalue weighted by atomic mass is 10.0. The number of anilines is 2. The van der Waals surface area contributed by atoms with Gasteiger partial charge in [0.05, 0.1) is 7.11 Å². The number of carbonyl (C=O) groups is 2. The first-order valence-corrected chi connectivity index (χ1v) is 9.29. The van der Waals surface area contributed by atoms with E-state index in [-0.39, 0.29) is 23.4 Å². The van der Waals surface area contributed by atoms with Gasteiger partial charge in [-0.3, -0.25) is 14.6 Å². The Kier molecular flexibility index (Phi) is 6.24. The van der Waals surface area contributed by atoms with Crippen molar-refractivity contribution in [2.24, 2.45) is 0 Å². The molecule has 0 aliphatic rings. The number of nitrogens with one attached hydrogen (secondary N) is 2. The fraction of sp³-hybridized carbons (Fsp3) is 0.174. The quantitative estimate of drug-likeness (QED) is 0.639. The van der Waals surface area contributed by atoms with Crippen molar-refractivity contribution in [1.82, 2.24) is 4.98 Å². The normalized spacial score (nSPS) is 10.5. The highest BCUT2D eigenvalue weighted by atomic mass is 16.5. The number of aromatic nitrogens is 1. The number of para-hydroxylation sites is 1. The van der Waals surface area contributed by atoms with Gasteiger partial charge in [0.25, 0.3) is 11.8 Å². The first-order chi connectivity index (χ1) is 14.0. The number of pyridine rings is 1. The summed E-state index contributed by atoms with van der Waals surface area (Å²) in [5, 5.41) is 5.68. The van der Waals surface area contributed by atoms with Crippen LogP contribution < -0.4 is 15.4 Å². The molecule has 0 unspecified atom stereocenters. The third kappa shape index (κ3) is 4.99. The molecule has 0 aliphatic heterocycles. The topological polar surface area (TPSA) is 80.3 Å². The van der Waals surface area contributed by atoms with Crippen LogP contribution in [0.5, 0.6) is 5.75 Å². The molecule has 2 aromatic carbocycles. The average molecular weight is 389 g/mol. The Hall–Kier alpha value is -3.67. The van der Waals surface area contributed by atoms with Crippen LogP contribution >= 0.6 is 0 Å². The van der Waals surface area contributed by atoms with Crippen molar-refractivity contribution >= 4 is 23.2 Å². The number of ether oxygens (including phenoxy) is 1. The lowest BCUT2D eigenvalue weighted by Crippen LogP contribution is -2.17. The first-order valence-electron chi connectivity index (χ1n) is 9.29. The number of hydrogen-bond acceptors (Lipinski definition) is 4. The maximum absolute atomic E-state index is 12.7. The number of nitrogens with zero attached hydrogens (tertiary/aromatic N) is 1. The van der Waals surface area contributed by atoms with Gasteiger partial charge >= 0.3 is 0 Å². The van der Waals surface area contributed by atoms with Gasteiger partial charge < -0.3 is 15.4 Å². The molecule has 0 spiro atoms. The Bertz CT molecular complexity index is 1030. The summed E-state index contributed by atoms with van der Waals surface area (Å²) in [4.78, 5) is 29.4. The molecule has 1 aromatic heterocycles. The van der Waals surface area contributed by atoms with E-state index in [9.17, 15) is 9.59 Å². The molecule has 2 amide bonds. The van der Waals surface area contributed by atoms with Gasteiger partial charge in [-0.15, -0.1) is 0 Å². The molecule has 29 heavy (non-hydrogen) atoms. The van der Waals surface area contributed by atoms with E-state index < -0.39 is 0 Å². The summed E-state index contributed by atoms with van der Waals surface area (Å²) >= 11 is 0. The van der Waals surface area contributed by atoms with Crippen LogP contribution in [0.2, 0.25) is 0 Å². The average Bonchev–Trinajstić information content (AvgIpc) is 2.74. The molecule has 3 rings (SSSR count). The summed E-state index contributed by atoms with van der Waals surface area (Å²) in [5.74, 6) is 0.201. The van der Waals surface area contributed by atoms with E-state index in [0.717, 1.165) is 11.3 Å². The zero-order chi connectivity index (χ0) is 20.8. The Morgan fingerprint density at radius 2 is 1.72 bits per heavy atom. The molecule has 0 fully saturated rings. The molecule has 0 saturated carbocycles. The number of benzene rings is 2. The van der Waals surface area contributed by atoms with Crippen LogP contribution in [0.25, 0.3) is 0 Å². The lowest BCUT2D eigenvalue weighted by Gasteiger charge is -2.13. The molecule has 0 atom stereocenters. The second-order valence-corrected chi connectivity index (χ2v) is 6.81. The zero-order valence-corrected chi connectivity index (χ0v) is 16.6. The molecule has 0 aliphatic carbocycles. The third-order valence-electron chi connectivity index (χ3n) is 4.41. The third-order valence-corrected chi connectivity index (χ3v) is 4.41. The van der Waals surface area contributed by atoms with Crippen LogP contribution in [-0.2, 0) is 0 Å².